The van der Waals surface area contributed by atoms with E-state index in [-0.39, 0.29) is 0 Å². The first-order chi connectivity index (χ1) is 18.7. The van der Waals surface area contributed by atoms with Crippen molar-refractivity contribution in [1.82, 2.24) is 15.2 Å². The topological polar surface area (TPSA) is 93.0 Å². The number of anilines is 2. The molecule has 4 aromatic carbocycles. The summed E-state index contributed by atoms with van der Waals surface area (Å²) in [7, 11) is 1.65. The zero-order valence-electron chi connectivity index (χ0n) is 20.4. The minimum Gasteiger partial charge on any atom is -0.496 e. The second-order valence-electron chi connectivity index (χ2n) is 8.55. The molecular formula is C31H21N5O2. The van der Waals surface area contributed by atoms with E-state index in [4.69, 9.17) is 14.7 Å². The summed E-state index contributed by atoms with van der Waals surface area (Å²) < 4.78 is 11.7. The SMILES string of the molecule is COc1ccccc1-c1nnc(Nc2ccc(Oc3ccnc4cc(C#N)ccc34)cc2)c2ccccc12. The maximum absolute atomic E-state index is 9.15. The zero-order valence-corrected chi connectivity index (χ0v) is 20.4. The van der Waals surface area contributed by atoms with Gasteiger partial charge in [0, 0.05) is 33.6 Å². The minimum absolute atomic E-state index is 0.559. The van der Waals surface area contributed by atoms with Gasteiger partial charge >= 0.3 is 0 Å². The zero-order chi connectivity index (χ0) is 25.9. The smallest absolute Gasteiger partial charge is 0.161 e. The van der Waals surface area contributed by atoms with E-state index in [2.05, 4.69) is 26.6 Å². The van der Waals surface area contributed by atoms with Crippen molar-refractivity contribution < 1.29 is 9.47 Å². The van der Waals surface area contributed by atoms with Crippen molar-refractivity contribution >= 4 is 33.2 Å². The number of rotatable bonds is 6. The van der Waals surface area contributed by atoms with Crippen LogP contribution in [0.4, 0.5) is 11.5 Å². The summed E-state index contributed by atoms with van der Waals surface area (Å²) in [5.74, 6) is 2.75. The summed E-state index contributed by atoms with van der Waals surface area (Å²) in [6.45, 7) is 0. The third-order valence-electron chi connectivity index (χ3n) is 6.23. The van der Waals surface area contributed by atoms with E-state index in [1.54, 1.807) is 25.4 Å². The number of hydrogen-bond donors (Lipinski definition) is 1. The molecule has 6 aromatic rings. The van der Waals surface area contributed by atoms with Gasteiger partial charge in [0.1, 0.15) is 22.9 Å². The molecule has 0 spiro atoms. The van der Waals surface area contributed by atoms with Gasteiger partial charge in [-0.25, -0.2) is 0 Å². The predicted molar refractivity (Wildman–Crippen MR) is 148 cm³/mol. The van der Waals surface area contributed by atoms with Crippen LogP contribution in [0.2, 0.25) is 0 Å². The van der Waals surface area contributed by atoms with Crippen molar-refractivity contribution in [3.05, 3.63) is 109 Å². The highest BCUT2D eigenvalue weighted by atomic mass is 16.5. The second kappa shape index (κ2) is 9.88. The largest absolute Gasteiger partial charge is 0.496 e. The van der Waals surface area contributed by atoms with Gasteiger partial charge in [-0.15, -0.1) is 10.2 Å². The van der Waals surface area contributed by atoms with Crippen LogP contribution in [0.25, 0.3) is 32.9 Å². The van der Waals surface area contributed by atoms with E-state index in [1.807, 2.05) is 84.9 Å². The van der Waals surface area contributed by atoms with Crippen LogP contribution in [-0.4, -0.2) is 22.3 Å². The molecule has 0 unspecified atom stereocenters. The summed E-state index contributed by atoms with van der Waals surface area (Å²) in [4.78, 5) is 4.35. The Hall–Kier alpha value is -5.48. The van der Waals surface area contributed by atoms with E-state index < -0.39 is 0 Å². The first-order valence-corrected chi connectivity index (χ1v) is 12.0. The molecule has 7 heteroatoms. The van der Waals surface area contributed by atoms with E-state index in [0.717, 1.165) is 38.9 Å². The monoisotopic (exact) mass is 495 g/mol. The second-order valence-corrected chi connectivity index (χ2v) is 8.55. The van der Waals surface area contributed by atoms with Crippen molar-refractivity contribution in [3.63, 3.8) is 0 Å². The fraction of sp³-hybridized carbons (Fsp3) is 0.0323. The Kier molecular flexibility index (Phi) is 5.97. The van der Waals surface area contributed by atoms with E-state index in [0.29, 0.717) is 28.4 Å². The highest BCUT2D eigenvalue weighted by Gasteiger charge is 2.14. The summed E-state index contributed by atoms with van der Waals surface area (Å²) in [5, 5.41) is 24.4. The number of hydrogen-bond acceptors (Lipinski definition) is 7. The van der Waals surface area contributed by atoms with Gasteiger partial charge in [-0.3, -0.25) is 4.98 Å². The Bertz CT molecular complexity index is 1830. The molecule has 2 heterocycles. The Morgan fingerprint density at radius 3 is 2.37 bits per heavy atom. The molecule has 7 nitrogen and oxygen atoms in total. The number of ether oxygens (including phenoxy) is 2. The molecule has 0 saturated carbocycles. The number of benzene rings is 4. The van der Waals surface area contributed by atoms with E-state index >= 15 is 0 Å². The lowest BCUT2D eigenvalue weighted by molar-refractivity contribution is 0.416. The lowest BCUT2D eigenvalue weighted by atomic mass is 10.0. The molecule has 0 aliphatic carbocycles. The van der Waals surface area contributed by atoms with Crippen LogP contribution in [0.1, 0.15) is 5.56 Å². The number of methoxy groups -OCH3 is 1. The average Bonchev–Trinajstić information content (AvgIpc) is 2.98. The molecule has 0 aliphatic rings. The minimum atomic E-state index is 0.559. The maximum Gasteiger partial charge on any atom is 0.161 e. The van der Waals surface area contributed by atoms with Gasteiger partial charge in [0.05, 0.1) is 24.3 Å². The molecule has 2 aromatic heterocycles. The lowest BCUT2D eigenvalue weighted by Gasteiger charge is -2.13. The number of nitrogens with one attached hydrogen (secondary N) is 1. The van der Waals surface area contributed by atoms with Gasteiger partial charge in [0.15, 0.2) is 5.82 Å². The number of pyridine rings is 1. The van der Waals surface area contributed by atoms with Crippen LogP contribution >= 0.6 is 0 Å². The number of aromatic nitrogens is 3. The molecular weight excluding hydrogens is 474 g/mol. The Balaban J connectivity index is 1.28. The van der Waals surface area contributed by atoms with Crippen LogP contribution in [0.5, 0.6) is 17.2 Å². The summed E-state index contributed by atoms with van der Waals surface area (Å²) in [5.41, 5.74) is 3.77. The number of nitrogens with zero attached hydrogens (tertiary/aromatic N) is 4. The Morgan fingerprint density at radius 2 is 1.55 bits per heavy atom. The van der Waals surface area contributed by atoms with Crippen molar-refractivity contribution in [2.75, 3.05) is 12.4 Å². The molecule has 6 rings (SSSR count). The van der Waals surface area contributed by atoms with Gasteiger partial charge in [-0.1, -0.05) is 36.4 Å². The fourth-order valence-corrected chi connectivity index (χ4v) is 4.39. The number of fused-ring (bicyclic) bond motifs is 2. The fourth-order valence-electron chi connectivity index (χ4n) is 4.39. The predicted octanol–water partition coefficient (Wildman–Crippen LogP) is 7.26. The standard InChI is InChI=1S/C31H21N5O2/c1-37-28-9-5-4-8-26(28)30-23-6-2-3-7-24(23)31(36-35-30)34-21-11-13-22(14-12-21)38-29-16-17-33-27-18-20(19-32)10-15-25(27)29/h2-18H,1H3,(H,34,36). The molecule has 182 valence electrons. The molecule has 0 radical (unpaired) electrons. The summed E-state index contributed by atoms with van der Waals surface area (Å²) in [6, 6.07) is 32.8. The highest BCUT2D eigenvalue weighted by molar-refractivity contribution is 6.01. The molecule has 0 atom stereocenters. The van der Waals surface area contributed by atoms with Crippen LogP contribution in [0.3, 0.4) is 0 Å². The summed E-state index contributed by atoms with van der Waals surface area (Å²) >= 11 is 0. The van der Waals surface area contributed by atoms with Crippen molar-refractivity contribution in [2.45, 2.75) is 0 Å². The van der Waals surface area contributed by atoms with E-state index in [9.17, 15) is 0 Å². The van der Waals surface area contributed by atoms with Crippen LogP contribution in [0, 0.1) is 11.3 Å². The number of nitriles is 1. The van der Waals surface area contributed by atoms with E-state index in [1.165, 1.54) is 0 Å². The van der Waals surface area contributed by atoms with Gasteiger partial charge in [0.25, 0.3) is 0 Å². The van der Waals surface area contributed by atoms with Crippen molar-refractivity contribution in [2.24, 2.45) is 0 Å². The number of para-hydroxylation sites is 1. The Labute approximate surface area is 218 Å². The third kappa shape index (κ3) is 4.31. The first kappa shape index (κ1) is 23.0. The molecule has 0 fully saturated rings. The van der Waals surface area contributed by atoms with Crippen LogP contribution < -0.4 is 14.8 Å². The molecule has 0 bridgehead atoms. The lowest BCUT2D eigenvalue weighted by Crippen LogP contribution is -2.00. The van der Waals surface area contributed by atoms with Crippen LogP contribution in [-0.2, 0) is 0 Å². The van der Waals surface area contributed by atoms with Gasteiger partial charge in [-0.05, 0) is 60.7 Å². The molecule has 0 amide bonds. The van der Waals surface area contributed by atoms with Crippen LogP contribution in [0.15, 0.2) is 103 Å². The Morgan fingerprint density at radius 1 is 0.763 bits per heavy atom. The van der Waals surface area contributed by atoms with Crippen molar-refractivity contribution in [1.29, 1.82) is 5.26 Å². The average molecular weight is 496 g/mol. The van der Waals surface area contributed by atoms with Gasteiger partial charge in [0.2, 0.25) is 0 Å². The third-order valence-corrected chi connectivity index (χ3v) is 6.23. The molecule has 0 aliphatic heterocycles. The molecule has 1 N–H and O–H groups in total. The molecule has 38 heavy (non-hydrogen) atoms. The highest BCUT2D eigenvalue weighted by Crippen LogP contribution is 2.36. The first-order valence-electron chi connectivity index (χ1n) is 12.0. The molecule has 0 saturated heterocycles. The van der Waals surface area contributed by atoms with Crippen molar-refractivity contribution in [3.8, 4) is 34.6 Å². The van der Waals surface area contributed by atoms with Gasteiger partial charge < -0.3 is 14.8 Å². The quantitative estimate of drug-likeness (QED) is 0.260. The normalized spacial score (nSPS) is 10.7. The maximum atomic E-state index is 9.15. The summed E-state index contributed by atoms with van der Waals surface area (Å²) in [6.07, 6.45) is 1.67. The van der Waals surface area contributed by atoms with Gasteiger partial charge in [-0.2, -0.15) is 5.26 Å².